The zero-order valence-corrected chi connectivity index (χ0v) is 21.4. The van der Waals surface area contributed by atoms with Gasteiger partial charge in [0.2, 0.25) is 5.91 Å². The van der Waals surface area contributed by atoms with Gasteiger partial charge >= 0.3 is 0 Å². The van der Waals surface area contributed by atoms with Gasteiger partial charge in [-0.1, -0.05) is 80.0 Å². The number of aromatic nitrogens is 3. The Labute approximate surface area is 213 Å². The summed E-state index contributed by atoms with van der Waals surface area (Å²) >= 11 is 13.3. The number of nitrogens with one attached hydrogen (secondary N) is 1. The highest BCUT2D eigenvalue weighted by atomic mass is 35.5. The normalized spacial score (nSPS) is 11.4. The highest BCUT2D eigenvalue weighted by Gasteiger charge is 2.19. The predicted molar refractivity (Wildman–Crippen MR) is 141 cm³/mol. The maximum atomic E-state index is 12.5. The first-order valence-corrected chi connectivity index (χ1v) is 12.5. The summed E-state index contributed by atoms with van der Waals surface area (Å²) in [4.78, 5) is 12.5. The van der Waals surface area contributed by atoms with E-state index in [2.05, 4.69) is 60.6 Å². The maximum absolute atomic E-state index is 12.5. The third-order valence-electron chi connectivity index (χ3n) is 5.19. The van der Waals surface area contributed by atoms with Gasteiger partial charge in [-0.05, 0) is 59.5 Å². The van der Waals surface area contributed by atoms with Gasteiger partial charge in [-0.2, -0.15) is 0 Å². The smallest absolute Gasteiger partial charge is 0.234 e. The first kappa shape index (κ1) is 24.3. The molecule has 0 saturated heterocycles. The van der Waals surface area contributed by atoms with Crippen LogP contribution in [-0.4, -0.2) is 26.4 Å². The second-order valence-corrected chi connectivity index (χ2v) is 10.6. The number of halogens is 2. The minimum Gasteiger partial charge on any atom is -0.325 e. The standard InChI is InChI=1S/C26H24Cl2N4OS/c1-26(2,3)18-6-4-17(5-7-18)24-30-31-25(32(24)22-14-10-20(28)11-15-22)34-16-23(33)29-21-12-8-19(27)9-13-21/h4-15H,16H2,1-3H3,(H,29,33). The summed E-state index contributed by atoms with van der Waals surface area (Å²) in [5.41, 5.74) is 3.79. The van der Waals surface area contributed by atoms with Gasteiger partial charge in [0.15, 0.2) is 11.0 Å². The van der Waals surface area contributed by atoms with E-state index in [0.29, 0.717) is 26.7 Å². The van der Waals surface area contributed by atoms with Gasteiger partial charge in [-0.3, -0.25) is 9.36 Å². The largest absolute Gasteiger partial charge is 0.325 e. The Bertz CT molecular complexity index is 1280. The first-order valence-electron chi connectivity index (χ1n) is 10.7. The summed E-state index contributed by atoms with van der Waals surface area (Å²) in [5, 5.41) is 13.6. The third-order valence-corrected chi connectivity index (χ3v) is 6.62. The molecule has 0 aliphatic heterocycles. The van der Waals surface area contributed by atoms with Crippen molar-refractivity contribution in [3.8, 4) is 17.1 Å². The highest BCUT2D eigenvalue weighted by molar-refractivity contribution is 7.99. The number of thioether (sulfide) groups is 1. The molecule has 1 heterocycles. The lowest BCUT2D eigenvalue weighted by molar-refractivity contribution is -0.113. The van der Waals surface area contributed by atoms with Crippen LogP contribution >= 0.6 is 35.0 Å². The van der Waals surface area contributed by atoms with Crippen molar-refractivity contribution in [1.29, 1.82) is 0 Å². The van der Waals surface area contributed by atoms with Crippen LogP contribution in [0.25, 0.3) is 17.1 Å². The molecule has 0 spiro atoms. The van der Waals surface area contributed by atoms with Crippen LogP contribution in [0.3, 0.4) is 0 Å². The Morgan fingerprint density at radius 2 is 1.47 bits per heavy atom. The second-order valence-electron chi connectivity index (χ2n) is 8.79. The Balaban J connectivity index is 1.61. The van der Waals surface area contributed by atoms with Crippen LogP contribution in [0.1, 0.15) is 26.3 Å². The zero-order valence-electron chi connectivity index (χ0n) is 19.0. The molecule has 1 aromatic heterocycles. The molecule has 4 aromatic rings. The van der Waals surface area contributed by atoms with E-state index in [1.165, 1.54) is 17.3 Å². The van der Waals surface area contributed by atoms with E-state index in [9.17, 15) is 4.79 Å². The Hall–Kier alpha value is -2.80. The van der Waals surface area contributed by atoms with E-state index in [-0.39, 0.29) is 17.1 Å². The number of hydrogen-bond acceptors (Lipinski definition) is 4. The van der Waals surface area contributed by atoms with Gasteiger partial charge in [-0.15, -0.1) is 10.2 Å². The van der Waals surface area contributed by atoms with Crippen molar-refractivity contribution in [3.63, 3.8) is 0 Å². The molecule has 3 aromatic carbocycles. The Morgan fingerprint density at radius 1 is 0.882 bits per heavy atom. The van der Waals surface area contributed by atoms with Gasteiger partial charge < -0.3 is 5.32 Å². The molecule has 0 radical (unpaired) electrons. The molecule has 5 nitrogen and oxygen atoms in total. The van der Waals surface area contributed by atoms with Gasteiger partial charge in [0.1, 0.15) is 0 Å². The van der Waals surface area contributed by atoms with E-state index in [1.54, 1.807) is 24.3 Å². The van der Waals surface area contributed by atoms with Crippen molar-refractivity contribution in [3.05, 3.63) is 88.4 Å². The van der Waals surface area contributed by atoms with E-state index in [4.69, 9.17) is 23.2 Å². The molecule has 0 bridgehead atoms. The van der Waals surface area contributed by atoms with E-state index in [1.807, 2.05) is 28.8 Å². The summed E-state index contributed by atoms with van der Waals surface area (Å²) in [6.45, 7) is 6.55. The fraction of sp³-hybridized carbons (Fsp3) is 0.192. The molecule has 0 aliphatic carbocycles. The van der Waals surface area contributed by atoms with Gasteiger partial charge in [0.25, 0.3) is 0 Å². The lowest BCUT2D eigenvalue weighted by atomic mass is 9.87. The SMILES string of the molecule is CC(C)(C)c1ccc(-c2nnc(SCC(=O)Nc3ccc(Cl)cc3)n2-c2ccc(Cl)cc2)cc1. The molecular formula is C26H24Cl2N4OS. The summed E-state index contributed by atoms with van der Waals surface area (Å²) in [6, 6.07) is 22.8. The lowest BCUT2D eigenvalue weighted by Crippen LogP contribution is -2.14. The minimum absolute atomic E-state index is 0.0564. The van der Waals surface area contributed by atoms with Crippen LogP contribution in [0.15, 0.2) is 78.0 Å². The number of nitrogens with zero attached hydrogens (tertiary/aromatic N) is 3. The van der Waals surface area contributed by atoms with E-state index in [0.717, 1.165) is 11.3 Å². The van der Waals surface area contributed by atoms with Gasteiger partial charge in [0, 0.05) is 27.0 Å². The number of carbonyl (C=O) groups excluding carboxylic acids is 1. The number of hydrogen-bond donors (Lipinski definition) is 1. The van der Waals surface area contributed by atoms with Crippen LogP contribution in [0, 0.1) is 0 Å². The molecule has 0 aliphatic rings. The monoisotopic (exact) mass is 510 g/mol. The summed E-state index contributed by atoms with van der Waals surface area (Å²) in [7, 11) is 0. The van der Waals surface area contributed by atoms with Crippen molar-refractivity contribution in [2.24, 2.45) is 0 Å². The minimum atomic E-state index is -0.144. The van der Waals surface area contributed by atoms with E-state index < -0.39 is 0 Å². The predicted octanol–water partition coefficient (Wildman–Crippen LogP) is 7.27. The molecule has 0 atom stereocenters. The average molecular weight is 511 g/mol. The molecular weight excluding hydrogens is 487 g/mol. The number of anilines is 1. The zero-order chi connectivity index (χ0) is 24.3. The van der Waals surface area contributed by atoms with Crippen LogP contribution in [0.4, 0.5) is 5.69 Å². The highest BCUT2D eigenvalue weighted by Crippen LogP contribution is 2.30. The van der Waals surface area contributed by atoms with Crippen molar-refractivity contribution in [2.45, 2.75) is 31.3 Å². The van der Waals surface area contributed by atoms with E-state index >= 15 is 0 Å². The molecule has 4 rings (SSSR count). The van der Waals surface area contributed by atoms with Crippen molar-refractivity contribution in [1.82, 2.24) is 14.8 Å². The Morgan fingerprint density at radius 3 is 2.06 bits per heavy atom. The molecule has 0 fully saturated rings. The molecule has 1 N–H and O–H groups in total. The summed E-state index contributed by atoms with van der Waals surface area (Å²) in [5.74, 6) is 0.731. The van der Waals surface area contributed by atoms with Gasteiger partial charge in [0.05, 0.1) is 5.75 Å². The maximum Gasteiger partial charge on any atom is 0.234 e. The number of carbonyl (C=O) groups is 1. The van der Waals surface area contributed by atoms with Crippen LogP contribution in [0.5, 0.6) is 0 Å². The molecule has 1 amide bonds. The Kier molecular flexibility index (Phi) is 7.31. The van der Waals surface area contributed by atoms with Crippen LogP contribution in [0.2, 0.25) is 10.0 Å². The fourth-order valence-corrected chi connectivity index (χ4v) is 4.36. The van der Waals surface area contributed by atoms with Crippen molar-refractivity contribution < 1.29 is 4.79 Å². The second kappa shape index (κ2) is 10.2. The summed E-state index contributed by atoms with van der Waals surface area (Å²) < 4.78 is 1.95. The molecule has 174 valence electrons. The quantitative estimate of drug-likeness (QED) is 0.277. The third kappa shape index (κ3) is 5.81. The molecule has 0 saturated carbocycles. The van der Waals surface area contributed by atoms with Crippen molar-refractivity contribution in [2.75, 3.05) is 11.1 Å². The summed E-state index contributed by atoms with van der Waals surface area (Å²) in [6.07, 6.45) is 0. The topological polar surface area (TPSA) is 59.8 Å². The molecule has 34 heavy (non-hydrogen) atoms. The number of rotatable bonds is 6. The van der Waals surface area contributed by atoms with Gasteiger partial charge in [-0.25, -0.2) is 0 Å². The molecule has 8 heteroatoms. The number of benzene rings is 3. The molecule has 0 unspecified atom stereocenters. The number of amides is 1. The first-order chi connectivity index (χ1) is 16.2. The van der Waals surface area contributed by atoms with Crippen molar-refractivity contribution >= 4 is 46.6 Å². The fourth-order valence-electron chi connectivity index (χ4n) is 3.35. The average Bonchev–Trinajstić information content (AvgIpc) is 3.23. The van der Waals surface area contributed by atoms with Crippen LogP contribution < -0.4 is 5.32 Å². The lowest BCUT2D eigenvalue weighted by Gasteiger charge is -2.19. The van der Waals surface area contributed by atoms with Crippen LogP contribution in [-0.2, 0) is 10.2 Å².